The molecule has 9 nitrogen and oxygen atoms in total. The van der Waals surface area contributed by atoms with Gasteiger partial charge in [0, 0.05) is 20.8 Å². The third kappa shape index (κ3) is 16.0. The van der Waals surface area contributed by atoms with Crippen LogP contribution in [-0.4, -0.2) is 101 Å². The minimum Gasteiger partial charge on any atom is -0.410 e. The van der Waals surface area contributed by atoms with Gasteiger partial charge >= 0.3 is 18.6 Å². The molecule has 0 fully saturated rings. The minimum atomic E-state index is -1.66. The van der Waals surface area contributed by atoms with E-state index >= 15 is 0 Å². The van der Waals surface area contributed by atoms with Crippen molar-refractivity contribution in [1.29, 1.82) is 0 Å². The maximum atomic E-state index is 9.84. The molecule has 150 valence electrons. The molecule has 0 saturated heterocycles. The third-order valence-corrected chi connectivity index (χ3v) is 6.59. The van der Waals surface area contributed by atoms with Crippen molar-refractivity contribution in [3.05, 3.63) is 0 Å². The Morgan fingerprint density at radius 2 is 1.60 bits per heavy atom. The molecule has 0 rings (SSSR count). The lowest BCUT2D eigenvalue weighted by Crippen LogP contribution is -2.41. The van der Waals surface area contributed by atoms with Crippen molar-refractivity contribution < 1.29 is 32.7 Å². The largest absolute Gasteiger partial charge is 0.410 e. The molecule has 0 spiro atoms. The molecule has 0 heterocycles. The maximum Gasteiger partial charge on any atom is 0.403 e. The van der Waals surface area contributed by atoms with Crippen molar-refractivity contribution in [2.45, 2.75) is 32.0 Å². The van der Waals surface area contributed by atoms with Gasteiger partial charge in [-0.25, -0.2) is 0 Å². The van der Waals surface area contributed by atoms with Crippen LogP contribution in [0, 0.1) is 0 Å². The smallest absolute Gasteiger partial charge is 0.403 e. The highest BCUT2D eigenvalue weighted by molar-refractivity contribution is 6.59. The molecular weight excluding hydrogens is 364 g/mol. The third-order valence-electron chi connectivity index (χ3n) is 2.98. The van der Waals surface area contributed by atoms with Gasteiger partial charge in [-0.3, -0.25) is 0 Å². The predicted molar refractivity (Wildman–Crippen MR) is 97.1 cm³/mol. The molecular formula is C14H34N2O7Si2. The molecule has 11 heteroatoms. The van der Waals surface area contributed by atoms with Crippen LogP contribution >= 0.6 is 0 Å². The summed E-state index contributed by atoms with van der Waals surface area (Å²) < 4.78 is 27.1. The van der Waals surface area contributed by atoms with Gasteiger partial charge in [0.1, 0.15) is 0 Å². The molecule has 2 radical (unpaired) electrons. The second kappa shape index (κ2) is 17.5. The van der Waals surface area contributed by atoms with E-state index in [1.165, 1.54) is 0 Å². The first kappa shape index (κ1) is 25.1. The van der Waals surface area contributed by atoms with E-state index in [0.717, 1.165) is 19.4 Å². The molecule has 2 unspecified atom stereocenters. The molecule has 0 aromatic carbocycles. The molecule has 0 bridgehead atoms. The monoisotopic (exact) mass is 398 g/mol. The van der Waals surface area contributed by atoms with E-state index in [1.54, 1.807) is 21.1 Å². The second-order valence-electron chi connectivity index (χ2n) is 5.49. The number of nitrogens with one attached hydrogen (secondary N) is 1. The highest BCUT2D eigenvalue weighted by Gasteiger charge is 2.25. The van der Waals surface area contributed by atoms with Gasteiger partial charge in [-0.05, 0) is 32.9 Å². The molecule has 0 aliphatic carbocycles. The Kier molecular flexibility index (Phi) is 17.5. The Bertz CT molecular complexity index is 294. The highest BCUT2D eigenvalue weighted by Crippen LogP contribution is 1.98. The van der Waals surface area contributed by atoms with Gasteiger partial charge in [0.15, 0.2) is 0 Å². The van der Waals surface area contributed by atoms with Crippen LogP contribution in [0.5, 0.6) is 0 Å². The molecule has 5 N–H and O–H groups in total. The average Bonchev–Trinajstić information content (AvgIpc) is 2.59. The summed E-state index contributed by atoms with van der Waals surface area (Å²) in [5.41, 5.74) is 5.42. The number of aliphatic hydroxyl groups excluding tert-OH is 2. The Labute approximate surface area is 154 Å². The van der Waals surface area contributed by atoms with E-state index in [0.29, 0.717) is 19.3 Å². The Balaban J connectivity index is 3.83. The number of nitrogens with two attached hydrogens (primary N) is 1. The Hall–Kier alpha value is 0.0738. The number of hydrogen-bond acceptors (Lipinski definition) is 9. The quantitative estimate of drug-likeness (QED) is 0.160. The summed E-state index contributed by atoms with van der Waals surface area (Å²) >= 11 is 0. The summed E-state index contributed by atoms with van der Waals surface area (Å²) in [4.78, 5) is 0. The lowest BCUT2D eigenvalue weighted by molar-refractivity contribution is 0.0443. The summed E-state index contributed by atoms with van der Waals surface area (Å²) in [6.45, 7) is 4.08. The maximum absolute atomic E-state index is 9.84. The van der Waals surface area contributed by atoms with Crippen LogP contribution in [0.3, 0.4) is 0 Å². The molecule has 0 saturated carbocycles. The van der Waals surface area contributed by atoms with Crippen LogP contribution in [0.2, 0.25) is 0 Å². The summed E-state index contributed by atoms with van der Waals surface area (Å²) in [6, 6.07) is 0. The van der Waals surface area contributed by atoms with Crippen LogP contribution < -0.4 is 11.1 Å². The zero-order valence-electron chi connectivity index (χ0n) is 15.5. The fourth-order valence-corrected chi connectivity index (χ4v) is 4.66. The van der Waals surface area contributed by atoms with Crippen LogP contribution in [0.15, 0.2) is 0 Å². The van der Waals surface area contributed by atoms with Crippen molar-refractivity contribution in [3.63, 3.8) is 0 Å². The first-order valence-electron chi connectivity index (χ1n) is 8.43. The van der Waals surface area contributed by atoms with Crippen molar-refractivity contribution in [2.24, 2.45) is 5.73 Å². The van der Waals surface area contributed by atoms with Crippen LogP contribution in [-0.2, 0) is 22.4 Å². The minimum absolute atomic E-state index is 0.207. The fourth-order valence-electron chi connectivity index (χ4n) is 1.70. The number of hydrogen-bond donors (Lipinski definition) is 4. The fraction of sp³-hybridized carbons (Fsp3) is 1.00. The zero-order chi connectivity index (χ0) is 18.9. The second-order valence-corrected chi connectivity index (χ2v) is 9.19. The van der Waals surface area contributed by atoms with Crippen LogP contribution in [0.4, 0.5) is 0 Å². The standard InChI is InChI=1S/C14H34N2O7Si2/c1-13(17)9-21-11-24(19-2)23-25(20-3)12-22-10-14(18)8-16-7-5-4-6-15/h13-14,16-18H,4-12,15H2,1-3H3. The molecule has 0 aliphatic rings. The van der Waals surface area contributed by atoms with Gasteiger partial charge in [0.2, 0.25) is 0 Å². The first-order valence-corrected chi connectivity index (χ1v) is 11.5. The van der Waals surface area contributed by atoms with Crippen LogP contribution in [0.1, 0.15) is 19.8 Å². The Morgan fingerprint density at radius 1 is 1.00 bits per heavy atom. The van der Waals surface area contributed by atoms with Gasteiger partial charge in [-0.1, -0.05) is 0 Å². The zero-order valence-corrected chi connectivity index (χ0v) is 17.5. The summed E-state index contributed by atoms with van der Waals surface area (Å²) in [7, 11) is -0.197. The Morgan fingerprint density at radius 3 is 2.12 bits per heavy atom. The number of rotatable bonds is 18. The summed E-state index contributed by atoms with van der Waals surface area (Å²) in [6.07, 6.45) is 1.42. The summed E-state index contributed by atoms with van der Waals surface area (Å²) in [5, 5.41) is 22.2. The van der Waals surface area contributed by atoms with E-state index < -0.39 is 30.8 Å². The SMILES string of the molecule is CO[Si](COCC(C)O)O[Si](COCC(O)CNCCCCN)OC. The number of ether oxygens (including phenoxy) is 2. The number of aliphatic hydroxyl groups is 2. The van der Waals surface area contributed by atoms with Gasteiger partial charge in [0.25, 0.3) is 0 Å². The summed E-state index contributed by atoms with van der Waals surface area (Å²) in [5.74, 6) is 0. The van der Waals surface area contributed by atoms with Crippen molar-refractivity contribution in [2.75, 3.05) is 59.5 Å². The van der Waals surface area contributed by atoms with Gasteiger partial charge in [-0.15, -0.1) is 0 Å². The van der Waals surface area contributed by atoms with Gasteiger partial charge in [0.05, 0.1) is 37.9 Å². The van der Waals surface area contributed by atoms with E-state index in [2.05, 4.69) is 5.32 Å². The first-order chi connectivity index (χ1) is 12.0. The molecule has 0 aliphatic heterocycles. The lowest BCUT2D eigenvalue weighted by Gasteiger charge is -2.19. The average molecular weight is 399 g/mol. The molecule has 0 aromatic rings. The van der Waals surface area contributed by atoms with Crippen molar-refractivity contribution >= 4 is 18.6 Å². The topological polar surface area (TPSA) is 125 Å². The lowest BCUT2D eigenvalue weighted by atomic mass is 10.3. The van der Waals surface area contributed by atoms with Crippen molar-refractivity contribution in [1.82, 2.24) is 5.32 Å². The van der Waals surface area contributed by atoms with Crippen molar-refractivity contribution in [3.8, 4) is 0 Å². The number of unbranched alkanes of at least 4 members (excludes halogenated alkanes) is 1. The van der Waals surface area contributed by atoms with Gasteiger partial charge < -0.3 is 43.7 Å². The van der Waals surface area contributed by atoms with Crippen LogP contribution in [0.25, 0.3) is 0 Å². The van der Waals surface area contributed by atoms with E-state index in [1.807, 2.05) is 0 Å². The van der Waals surface area contributed by atoms with Gasteiger partial charge in [-0.2, -0.15) is 0 Å². The van der Waals surface area contributed by atoms with E-state index in [4.69, 9.17) is 28.2 Å². The molecule has 2 atom stereocenters. The van der Waals surface area contributed by atoms with E-state index in [-0.39, 0.29) is 19.4 Å². The molecule has 0 amide bonds. The molecule has 0 aromatic heterocycles. The normalized spacial score (nSPS) is 14.4. The highest BCUT2D eigenvalue weighted by atomic mass is 28.4. The predicted octanol–water partition coefficient (Wildman–Crippen LogP) is -1.55. The molecule has 25 heavy (non-hydrogen) atoms. The van der Waals surface area contributed by atoms with E-state index in [9.17, 15) is 10.2 Å².